The molecule has 5 fully saturated rings. The number of anilines is 1. The van der Waals surface area contributed by atoms with Crippen LogP contribution in [0.3, 0.4) is 0 Å². The van der Waals surface area contributed by atoms with Gasteiger partial charge in [0.15, 0.2) is 11.6 Å². The van der Waals surface area contributed by atoms with Crippen LogP contribution in [0.25, 0.3) is 22.3 Å². The van der Waals surface area contributed by atoms with Crippen molar-refractivity contribution in [3.05, 3.63) is 47.7 Å². The van der Waals surface area contributed by atoms with Crippen molar-refractivity contribution >= 4 is 40.1 Å². The summed E-state index contributed by atoms with van der Waals surface area (Å²) in [7, 11) is 1.50. The number of rotatable bonds is 4. The summed E-state index contributed by atoms with van der Waals surface area (Å²) in [4.78, 5) is 14.5. The zero-order valence-electron chi connectivity index (χ0n) is 25.3. The Kier molecular flexibility index (Phi) is 7.71. The standard InChI is InChI=1S/C26H26FN5O3S.C7H12FN/c1-34-26-29-22-21(27)23(20-9-18(33)8-14-4-2-3-5-19(14)20)32(15-6-7-15)36-24(22)25(30-26)31-16-10-28-11-17(31)13-35-12-16;8-6-4-7-2-1-3-9(7)5-6/h2-5,8-9,15-17,28,33H,6-7,10-13H2,1H3;6-7H,1-5H2. The number of piperazine rings is 1. The molecule has 6 heterocycles. The van der Waals surface area contributed by atoms with Gasteiger partial charge in [-0.25, -0.2) is 8.78 Å². The largest absolute Gasteiger partial charge is 0.508 e. The molecule has 238 valence electrons. The molecular formula is C33H38F2N6O3S. The van der Waals surface area contributed by atoms with E-state index in [9.17, 15) is 9.50 Å². The van der Waals surface area contributed by atoms with E-state index in [1.54, 1.807) is 12.1 Å². The summed E-state index contributed by atoms with van der Waals surface area (Å²) >= 11 is 1.50. The van der Waals surface area contributed by atoms with Crippen LogP contribution in [-0.2, 0) is 4.74 Å². The summed E-state index contributed by atoms with van der Waals surface area (Å²) in [5.74, 6) is 0.373. The molecule has 3 aromatic rings. The second kappa shape index (κ2) is 11.9. The van der Waals surface area contributed by atoms with Crippen LogP contribution in [0.4, 0.5) is 14.6 Å². The van der Waals surface area contributed by atoms with E-state index < -0.39 is 12.0 Å². The van der Waals surface area contributed by atoms with Crippen molar-refractivity contribution in [1.82, 2.24) is 24.5 Å². The van der Waals surface area contributed by atoms with Gasteiger partial charge in [0, 0.05) is 37.3 Å². The van der Waals surface area contributed by atoms with Gasteiger partial charge >= 0.3 is 6.01 Å². The number of aromatic nitrogens is 2. The van der Waals surface area contributed by atoms with Crippen molar-refractivity contribution in [2.45, 2.75) is 67.3 Å². The molecule has 9 rings (SSSR count). The van der Waals surface area contributed by atoms with E-state index in [1.165, 1.54) is 31.9 Å². The average molecular weight is 637 g/mol. The highest BCUT2D eigenvalue weighted by atomic mass is 32.2. The number of methoxy groups -OCH3 is 1. The highest BCUT2D eigenvalue weighted by molar-refractivity contribution is 7.97. The number of morpholine rings is 1. The first-order valence-corrected chi connectivity index (χ1v) is 16.8. The van der Waals surface area contributed by atoms with Crippen molar-refractivity contribution in [2.24, 2.45) is 0 Å². The summed E-state index contributed by atoms with van der Waals surface area (Å²) in [5, 5.41) is 15.7. The third kappa shape index (κ3) is 5.39. The number of ether oxygens (including phenoxy) is 2. The Morgan fingerprint density at radius 2 is 1.84 bits per heavy atom. The van der Waals surface area contributed by atoms with Gasteiger partial charge in [-0.1, -0.05) is 24.3 Å². The molecule has 45 heavy (non-hydrogen) atoms. The minimum atomic E-state index is -0.518. The number of alkyl halides is 1. The number of phenols is 1. The third-order valence-corrected chi connectivity index (χ3v) is 10.9. The fourth-order valence-corrected chi connectivity index (χ4v) is 8.75. The molecule has 0 spiro atoms. The number of fused-ring (bicyclic) bond motifs is 5. The van der Waals surface area contributed by atoms with E-state index in [2.05, 4.69) is 24.4 Å². The number of nitrogens with one attached hydrogen (secondary N) is 1. The van der Waals surface area contributed by atoms with E-state index >= 15 is 4.39 Å². The first-order chi connectivity index (χ1) is 22.0. The number of phenolic OH excluding ortho intramolecular Hbond substituents is 1. The Bertz CT molecular complexity index is 1610. The molecular weight excluding hydrogens is 598 g/mol. The van der Waals surface area contributed by atoms with Crippen LogP contribution >= 0.6 is 11.9 Å². The van der Waals surface area contributed by atoms with E-state index in [0.29, 0.717) is 47.8 Å². The first kappa shape index (κ1) is 29.2. The predicted octanol–water partition coefficient (Wildman–Crippen LogP) is 4.99. The molecule has 1 saturated carbocycles. The minimum absolute atomic E-state index is 0.0969. The van der Waals surface area contributed by atoms with Gasteiger partial charge in [0.25, 0.3) is 0 Å². The van der Waals surface area contributed by atoms with E-state index in [0.717, 1.165) is 49.7 Å². The Morgan fingerprint density at radius 1 is 1.04 bits per heavy atom. The summed E-state index contributed by atoms with van der Waals surface area (Å²) in [6.07, 6.45) is 4.78. The van der Waals surface area contributed by atoms with Crippen molar-refractivity contribution in [1.29, 1.82) is 0 Å². The molecule has 1 aromatic heterocycles. The zero-order chi connectivity index (χ0) is 30.7. The summed E-state index contributed by atoms with van der Waals surface area (Å²) in [6, 6.07) is 12.2. The lowest BCUT2D eigenvalue weighted by Gasteiger charge is -2.47. The smallest absolute Gasteiger partial charge is 0.318 e. The Labute approximate surface area is 265 Å². The van der Waals surface area contributed by atoms with Crippen LogP contribution in [0.2, 0.25) is 0 Å². The van der Waals surface area contributed by atoms with Crippen LogP contribution in [0, 0.1) is 0 Å². The topological polar surface area (TPSA) is 86.2 Å². The van der Waals surface area contributed by atoms with Gasteiger partial charge in [0.2, 0.25) is 0 Å². The van der Waals surface area contributed by atoms with Crippen LogP contribution in [0.1, 0.15) is 43.4 Å². The number of nitrogens with zero attached hydrogens (tertiary/aromatic N) is 5. The molecule has 4 atom stereocenters. The van der Waals surface area contributed by atoms with Crippen LogP contribution < -0.4 is 15.0 Å². The normalized spacial score (nSPS) is 27.7. The Balaban J connectivity index is 0.000000286. The average Bonchev–Trinajstić information content (AvgIpc) is 3.70. The summed E-state index contributed by atoms with van der Waals surface area (Å²) < 4.78 is 42.7. The second-order valence-electron chi connectivity index (χ2n) is 12.8. The second-order valence-corrected chi connectivity index (χ2v) is 13.8. The van der Waals surface area contributed by atoms with Crippen molar-refractivity contribution < 1.29 is 23.4 Å². The number of hydrogen-bond donors (Lipinski definition) is 2. The van der Waals surface area contributed by atoms with Gasteiger partial charge in [0.05, 0.1) is 38.1 Å². The third-order valence-electron chi connectivity index (χ3n) is 9.69. The maximum absolute atomic E-state index is 16.7. The quantitative estimate of drug-likeness (QED) is 0.382. The van der Waals surface area contributed by atoms with Gasteiger partial charge in [-0.15, -0.1) is 0 Å². The zero-order valence-corrected chi connectivity index (χ0v) is 26.1. The highest BCUT2D eigenvalue weighted by Gasteiger charge is 2.44. The summed E-state index contributed by atoms with van der Waals surface area (Å²) in [5.41, 5.74) is 1.33. The molecule has 12 heteroatoms. The Morgan fingerprint density at radius 3 is 2.60 bits per heavy atom. The predicted molar refractivity (Wildman–Crippen MR) is 171 cm³/mol. The fraction of sp³-hybridized carbons (Fsp3) is 0.515. The van der Waals surface area contributed by atoms with Gasteiger partial charge in [-0.2, -0.15) is 9.97 Å². The maximum Gasteiger partial charge on any atom is 0.318 e. The number of halogens is 2. The van der Waals surface area contributed by atoms with E-state index in [1.807, 2.05) is 24.3 Å². The molecule has 6 aliphatic rings. The van der Waals surface area contributed by atoms with Gasteiger partial charge in [-0.3, -0.25) is 4.90 Å². The molecule has 4 unspecified atom stereocenters. The first-order valence-electron chi connectivity index (χ1n) is 16.0. The molecule has 1 aliphatic carbocycles. The van der Waals surface area contributed by atoms with Crippen LogP contribution in [-0.4, -0.2) is 101 Å². The Hall–Kier alpha value is -3.19. The molecule has 4 saturated heterocycles. The maximum atomic E-state index is 16.7. The highest BCUT2D eigenvalue weighted by Crippen LogP contribution is 2.54. The monoisotopic (exact) mass is 636 g/mol. The van der Waals surface area contributed by atoms with Crippen LogP contribution in [0.15, 0.2) is 41.3 Å². The molecule has 2 aromatic carbocycles. The van der Waals surface area contributed by atoms with Crippen molar-refractivity contribution in [3.63, 3.8) is 0 Å². The van der Waals surface area contributed by atoms with Gasteiger partial charge < -0.3 is 29.1 Å². The van der Waals surface area contributed by atoms with E-state index in [4.69, 9.17) is 14.5 Å². The molecule has 5 aliphatic heterocycles. The molecule has 9 nitrogen and oxygen atoms in total. The van der Waals surface area contributed by atoms with Crippen molar-refractivity contribution in [3.8, 4) is 11.8 Å². The summed E-state index contributed by atoms with van der Waals surface area (Å²) in [6.45, 7) is 4.57. The lowest BCUT2D eigenvalue weighted by atomic mass is 10.00. The molecule has 0 amide bonds. The number of aromatic hydroxyl groups is 1. The van der Waals surface area contributed by atoms with Crippen molar-refractivity contribution in [2.75, 3.05) is 51.4 Å². The number of hydrogen-bond acceptors (Lipinski definition) is 10. The van der Waals surface area contributed by atoms with Crippen LogP contribution in [0.5, 0.6) is 11.8 Å². The SMILES string of the molecule is COc1nc2c(c(N3C4CNCC3COC4)n1)SN(C1CC1)C(c1cc(O)cc3ccccc13)=C2F.FC1CC2CCCN2C1. The van der Waals surface area contributed by atoms with E-state index in [-0.39, 0.29) is 35.6 Å². The molecule has 2 N–H and O–H groups in total. The van der Waals surface area contributed by atoms with Gasteiger partial charge in [0.1, 0.15) is 22.5 Å². The van der Waals surface area contributed by atoms with Gasteiger partial charge in [-0.05, 0) is 73.5 Å². The number of benzene rings is 2. The lowest BCUT2D eigenvalue weighted by Crippen LogP contribution is -2.64. The lowest BCUT2D eigenvalue weighted by molar-refractivity contribution is 0.0518. The fourth-order valence-electron chi connectivity index (χ4n) is 7.47. The minimum Gasteiger partial charge on any atom is -0.508 e. The molecule has 0 radical (unpaired) electrons. The molecule has 2 bridgehead atoms.